The summed E-state index contributed by atoms with van der Waals surface area (Å²) < 4.78 is 1.12. The maximum atomic E-state index is 4.61. The lowest BCUT2D eigenvalue weighted by molar-refractivity contribution is 0.713. The molecule has 18 heavy (non-hydrogen) atoms. The number of hydrogen-bond acceptors (Lipinski definition) is 4. The van der Waals surface area contributed by atoms with Crippen LogP contribution >= 0.6 is 39.0 Å². The Bertz CT molecular complexity index is 482. The first kappa shape index (κ1) is 14.1. The van der Waals surface area contributed by atoms with Gasteiger partial charge in [-0.1, -0.05) is 22.9 Å². The molecule has 0 bridgehead atoms. The first-order valence-electron chi connectivity index (χ1n) is 5.80. The lowest BCUT2D eigenvalue weighted by Crippen LogP contribution is -2.11. The van der Waals surface area contributed by atoms with E-state index in [1.54, 1.807) is 11.3 Å². The van der Waals surface area contributed by atoms with Gasteiger partial charge in [0.15, 0.2) is 0 Å². The average Bonchev–Trinajstić information content (AvgIpc) is 2.84. The van der Waals surface area contributed by atoms with Crippen molar-refractivity contribution in [3.8, 4) is 0 Å². The molecule has 0 aliphatic carbocycles. The van der Waals surface area contributed by atoms with Crippen LogP contribution in [0.3, 0.4) is 0 Å². The standard InChI is InChI=1S/C13H15BrN2S2/c1-2-15-7-11-8-18-13(16-11)9-17-12-5-3-10(14)4-6-12/h3-6,8,15H,2,7,9H2,1H3. The first-order chi connectivity index (χ1) is 8.78. The van der Waals surface area contributed by atoms with Crippen molar-refractivity contribution in [1.82, 2.24) is 10.3 Å². The normalized spacial score (nSPS) is 10.8. The van der Waals surface area contributed by atoms with Crippen LogP contribution in [0, 0.1) is 0 Å². The summed E-state index contributed by atoms with van der Waals surface area (Å²) in [5.74, 6) is 0.943. The number of rotatable bonds is 6. The van der Waals surface area contributed by atoms with E-state index in [1.807, 2.05) is 11.8 Å². The Labute approximate surface area is 124 Å². The number of aromatic nitrogens is 1. The van der Waals surface area contributed by atoms with E-state index in [0.717, 1.165) is 29.0 Å². The quantitative estimate of drug-likeness (QED) is 0.792. The highest BCUT2D eigenvalue weighted by Gasteiger charge is 2.02. The van der Waals surface area contributed by atoms with Crippen molar-refractivity contribution in [1.29, 1.82) is 0 Å². The molecule has 0 atom stereocenters. The predicted molar refractivity (Wildman–Crippen MR) is 83.2 cm³/mol. The maximum absolute atomic E-state index is 4.61. The molecular weight excluding hydrogens is 328 g/mol. The highest BCUT2D eigenvalue weighted by molar-refractivity contribution is 9.10. The number of nitrogens with one attached hydrogen (secondary N) is 1. The predicted octanol–water partition coefficient (Wildman–Crippen LogP) is 4.31. The van der Waals surface area contributed by atoms with E-state index in [2.05, 4.69) is 62.8 Å². The molecule has 0 saturated heterocycles. The summed E-state index contributed by atoms with van der Waals surface area (Å²) in [6, 6.07) is 8.39. The number of benzene rings is 1. The van der Waals surface area contributed by atoms with E-state index in [4.69, 9.17) is 0 Å². The number of thiazole rings is 1. The van der Waals surface area contributed by atoms with Gasteiger partial charge in [-0.05, 0) is 30.8 Å². The van der Waals surface area contributed by atoms with Crippen LogP contribution in [0.5, 0.6) is 0 Å². The second-order valence-electron chi connectivity index (χ2n) is 3.76. The second kappa shape index (κ2) is 7.28. The van der Waals surface area contributed by atoms with Gasteiger partial charge >= 0.3 is 0 Å². The largest absolute Gasteiger partial charge is 0.311 e. The van der Waals surface area contributed by atoms with Crippen molar-refractivity contribution in [2.75, 3.05) is 6.54 Å². The highest BCUT2D eigenvalue weighted by Crippen LogP contribution is 2.25. The van der Waals surface area contributed by atoms with Gasteiger partial charge in [0.1, 0.15) is 5.01 Å². The molecule has 0 aliphatic heterocycles. The van der Waals surface area contributed by atoms with Crippen LogP contribution in [0.1, 0.15) is 17.6 Å². The molecule has 1 heterocycles. The molecule has 0 spiro atoms. The zero-order valence-electron chi connectivity index (χ0n) is 10.1. The Balaban J connectivity index is 1.86. The topological polar surface area (TPSA) is 24.9 Å². The van der Waals surface area contributed by atoms with Crippen LogP contribution in [0.4, 0.5) is 0 Å². The molecule has 2 rings (SSSR count). The van der Waals surface area contributed by atoms with Gasteiger partial charge < -0.3 is 5.32 Å². The maximum Gasteiger partial charge on any atom is 0.103 e. The van der Waals surface area contributed by atoms with E-state index in [0.29, 0.717) is 0 Å². The third kappa shape index (κ3) is 4.39. The van der Waals surface area contributed by atoms with E-state index in [1.165, 1.54) is 9.90 Å². The van der Waals surface area contributed by atoms with Crippen LogP contribution < -0.4 is 5.32 Å². The minimum atomic E-state index is 0.871. The average molecular weight is 343 g/mol. The Kier molecular flexibility index (Phi) is 5.69. The molecule has 1 aromatic carbocycles. The molecule has 0 saturated carbocycles. The lowest BCUT2D eigenvalue weighted by Gasteiger charge is -1.99. The summed E-state index contributed by atoms with van der Waals surface area (Å²) in [6.07, 6.45) is 0. The number of halogens is 1. The van der Waals surface area contributed by atoms with E-state index < -0.39 is 0 Å². The minimum Gasteiger partial charge on any atom is -0.311 e. The fraction of sp³-hybridized carbons (Fsp3) is 0.308. The number of hydrogen-bond donors (Lipinski definition) is 1. The summed E-state index contributed by atoms with van der Waals surface area (Å²) in [5.41, 5.74) is 1.15. The molecule has 2 aromatic rings. The molecule has 1 N–H and O–H groups in total. The van der Waals surface area contributed by atoms with Crippen molar-refractivity contribution < 1.29 is 0 Å². The Morgan fingerprint density at radius 1 is 1.33 bits per heavy atom. The smallest absolute Gasteiger partial charge is 0.103 e. The summed E-state index contributed by atoms with van der Waals surface area (Å²) in [7, 11) is 0. The molecule has 1 aromatic heterocycles. The summed E-state index contributed by atoms with van der Waals surface area (Å²) in [5, 5.41) is 6.62. The monoisotopic (exact) mass is 342 g/mol. The fourth-order valence-electron chi connectivity index (χ4n) is 1.43. The van der Waals surface area contributed by atoms with Gasteiger partial charge in [-0.3, -0.25) is 0 Å². The van der Waals surface area contributed by atoms with Gasteiger partial charge in [0.2, 0.25) is 0 Å². The summed E-state index contributed by atoms with van der Waals surface area (Å²) >= 11 is 7.01. The van der Waals surface area contributed by atoms with Gasteiger partial charge in [0.05, 0.1) is 11.4 Å². The summed E-state index contributed by atoms with van der Waals surface area (Å²) in [4.78, 5) is 5.89. The molecule has 0 radical (unpaired) electrons. The Hall–Kier alpha value is -0.360. The van der Waals surface area contributed by atoms with Crippen molar-refractivity contribution in [3.63, 3.8) is 0 Å². The third-order valence-corrected chi connectivity index (χ3v) is 4.96. The number of thioether (sulfide) groups is 1. The van der Waals surface area contributed by atoms with Crippen LogP contribution in [0.25, 0.3) is 0 Å². The Morgan fingerprint density at radius 3 is 2.83 bits per heavy atom. The third-order valence-electron chi connectivity index (χ3n) is 2.33. The first-order valence-corrected chi connectivity index (χ1v) is 8.46. The number of nitrogens with zero attached hydrogens (tertiary/aromatic N) is 1. The van der Waals surface area contributed by atoms with Gasteiger partial charge in [-0.25, -0.2) is 4.98 Å². The molecule has 96 valence electrons. The van der Waals surface area contributed by atoms with Crippen LogP contribution in [0.15, 0.2) is 39.0 Å². The van der Waals surface area contributed by atoms with Gasteiger partial charge in [0.25, 0.3) is 0 Å². The van der Waals surface area contributed by atoms with E-state index in [9.17, 15) is 0 Å². The van der Waals surface area contributed by atoms with Crippen LogP contribution in [0.2, 0.25) is 0 Å². The van der Waals surface area contributed by atoms with Crippen molar-refractivity contribution in [2.45, 2.75) is 24.1 Å². The molecule has 0 fully saturated rings. The highest BCUT2D eigenvalue weighted by atomic mass is 79.9. The van der Waals surface area contributed by atoms with Crippen molar-refractivity contribution in [2.24, 2.45) is 0 Å². The fourth-order valence-corrected chi connectivity index (χ4v) is 3.40. The SMILES string of the molecule is CCNCc1csc(CSc2ccc(Br)cc2)n1. The van der Waals surface area contributed by atoms with Gasteiger partial charge in [-0.15, -0.1) is 23.1 Å². The van der Waals surface area contributed by atoms with Crippen LogP contribution in [-0.4, -0.2) is 11.5 Å². The van der Waals surface area contributed by atoms with E-state index >= 15 is 0 Å². The zero-order chi connectivity index (χ0) is 12.8. The molecule has 0 amide bonds. The molecular formula is C13H15BrN2S2. The van der Waals surface area contributed by atoms with Crippen LogP contribution in [-0.2, 0) is 12.3 Å². The molecule has 2 nitrogen and oxygen atoms in total. The zero-order valence-corrected chi connectivity index (χ0v) is 13.4. The molecule has 0 unspecified atom stereocenters. The lowest BCUT2D eigenvalue weighted by atomic mass is 10.4. The van der Waals surface area contributed by atoms with E-state index in [-0.39, 0.29) is 0 Å². The van der Waals surface area contributed by atoms with Gasteiger partial charge in [0, 0.05) is 21.3 Å². The second-order valence-corrected chi connectivity index (χ2v) is 6.66. The van der Waals surface area contributed by atoms with Crippen molar-refractivity contribution in [3.05, 3.63) is 44.8 Å². The van der Waals surface area contributed by atoms with Gasteiger partial charge in [-0.2, -0.15) is 0 Å². The molecule has 5 heteroatoms. The minimum absolute atomic E-state index is 0.871. The molecule has 0 aliphatic rings. The van der Waals surface area contributed by atoms with Crippen molar-refractivity contribution >= 4 is 39.0 Å². The summed E-state index contributed by atoms with van der Waals surface area (Å²) in [6.45, 7) is 3.97. The Morgan fingerprint density at radius 2 is 2.11 bits per heavy atom.